The number of nitrogens with two attached hydrogens (primary N) is 1. The van der Waals surface area contributed by atoms with Crippen molar-refractivity contribution in [2.24, 2.45) is 10.2 Å². The first-order valence-electron chi connectivity index (χ1n) is 7.41. The number of nitrogens with one attached hydrogen (secondary N) is 1. The van der Waals surface area contributed by atoms with E-state index in [1.165, 1.54) is 0 Å². The molecule has 0 amide bonds. The monoisotopic (exact) mass is 318 g/mol. The number of nitrogen functional groups attached to an aromatic ring is 1. The largest absolute Gasteiger partial charge is 0.383 e. The maximum atomic E-state index is 12.3. The van der Waals surface area contributed by atoms with Crippen LogP contribution in [0, 0.1) is 6.92 Å². The average Bonchev–Trinajstić information content (AvgIpc) is 2.92. The Morgan fingerprint density at radius 2 is 1.96 bits per heavy atom. The predicted molar refractivity (Wildman–Crippen MR) is 93.1 cm³/mol. The number of nitrogens with zero attached hydrogens (tertiary/aromatic N) is 4. The van der Waals surface area contributed by atoms with Gasteiger partial charge in [0.2, 0.25) is 5.78 Å². The first-order valence-corrected chi connectivity index (χ1v) is 7.41. The van der Waals surface area contributed by atoms with E-state index >= 15 is 0 Å². The Morgan fingerprint density at radius 3 is 2.79 bits per heavy atom. The third-order valence-corrected chi connectivity index (χ3v) is 3.75. The zero-order valence-corrected chi connectivity index (χ0v) is 12.9. The molecule has 2 heterocycles. The number of para-hydroxylation sites is 2. The van der Waals surface area contributed by atoms with Crippen molar-refractivity contribution in [2.45, 2.75) is 6.92 Å². The van der Waals surface area contributed by atoms with Gasteiger partial charge in [0.1, 0.15) is 5.82 Å². The Kier molecular flexibility index (Phi) is 3.13. The number of fused-ring (bicyclic) bond motifs is 3. The molecule has 24 heavy (non-hydrogen) atoms. The number of rotatable bonds is 2. The van der Waals surface area contributed by atoms with Crippen LogP contribution >= 0.6 is 0 Å². The lowest BCUT2D eigenvalue weighted by Crippen LogP contribution is -2.12. The van der Waals surface area contributed by atoms with Crippen LogP contribution in [0.15, 0.2) is 63.6 Å². The van der Waals surface area contributed by atoms with E-state index in [1.807, 2.05) is 55.5 Å². The number of imidazole rings is 1. The summed E-state index contributed by atoms with van der Waals surface area (Å²) in [4.78, 5) is 19.3. The van der Waals surface area contributed by atoms with Crippen LogP contribution in [-0.2, 0) is 0 Å². The van der Waals surface area contributed by atoms with Crippen molar-refractivity contribution in [1.29, 1.82) is 0 Å². The van der Waals surface area contributed by atoms with Crippen LogP contribution in [0.2, 0.25) is 0 Å². The predicted octanol–water partition coefficient (Wildman–Crippen LogP) is 3.48. The molecule has 0 radical (unpaired) electrons. The van der Waals surface area contributed by atoms with E-state index in [1.54, 1.807) is 4.40 Å². The summed E-state index contributed by atoms with van der Waals surface area (Å²) in [5.41, 5.74) is 9.07. The molecule has 7 nitrogen and oxygen atoms in total. The van der Waals surface area contributed by atoms with E-state index in [2.05, 4.69) is 20.2 Å². The third kappa shape index (κ3) is 2.23. The Balaban J connectivity index is 1.92. The minimum Gasteiger partial charge on any atom is -0.383 e. The highest BCUT2D eigenvalue weighted by Gasteiger charge is 2.13. The van der Waals surface area contributed by atoms with Gasteiger partial charge in [-0.1, -0.05) is 24.3 Å². The van der Waals surface area contributed by atoms with Gasteiger partial charge >= 0.3 is 0 Å². The second-order valence-electron chi connectivity index (χ2n) is 5.49. The van der Waals surface area contributed by atoms with E-state index in [-0.39, 0.29) is 11.5 Å². The molecule has 4 rings (SSSR count). The Morgan fingerprint density at radius 1 is 1.12 bits per heavy atom. The maximum absolute atomic E-state index is 12.3. The molecular formula is C17H14N6O. The van der Waals surface area contributed by atoms with Crippen molar-refractivity contribution in [2.75, 3.05) is 5.73 Å². The van der Waals surface area contributed by atoms with E-state index in [9.17, 15) is 4.79 Å². The molecule has 118 valence electrons. The summed E-state index contributed by atoms with van der Waals surface area (Å²) in [6.07, 6.45) is 0. The van der Waals surface area contributed by atoms with Crippen molar-refractivity contribution in [1.82, 2.24) is 14.4 Å². The van der Waals surface area contributed by atoms with E-state index < -0.39 is 5.56 Å². The number of aromatic amines is 1. The maximum Gasteiger partial charge on any atom is 0.282 e. The van der Waals surface area contributed by atoms with Crippen molar-refractivity contribution in [3.63, 3.8) is 0 Å². The number of azo groups is 1. The van der Waals surface area contributed by atoms with Crippen LogP contribution in [0.4, 0.5) is 17.2 Å². The van der Waals surface area contributed by atoms with Crippen LogP contribution in [0.25, 0.3) is 16.8 Å². The fraction of sp³-hybridized carbons (Fsp3) is 0.0588. The molecule has 0 saturated heterocycles. The average molecular weight is 318 g/mol. The zero-order chi connectivity index (χ0) is 16.7. The second kappa shape index (κ2) is 5.31. The molecule has 0 saturated carbocycles. The van der Waals surface area contributed by atoms with Crippen LogP contribution in [0.1, 0.15) is 5.56 Å². The van der Waals surface area contributed by atoms with E-state index in [0.717, 1.165) is 16.6 Å². The topological polar surface area (TPSA) is 101 Å². The molecule has 0 bridgehead atoms. The Labute approximate surface area is 136 Å². The molecule has 0 unspecified atom stereocenters. The lowest BCUT2D eigenvalue weighted by molar-refractivity contribution is 1.08. The fourth-order valence-corrected chi connectivity index (χ4v) is 2.63. The fourth-order valence-electron chi connectivity index (χ4n) is 2.63. The van der Waals surface area contributed by atoms with Gasteiger partial charge < -0.3 is 5.73 Å². The van der Waals surface area contributed by atoms with Crippen LogP contribution in [0.3, 0.4) is 0 Å². The molecular weight excluding hydrogens is 304 g/mol. The highest BCUT2D eigenvalue weighted by atomic mass is 16.1. The summed E-state index contributed by atoms with van der Waals surface area (Å²) in [6, 6.07) is 15.0. The van der Waals surface area contributed by atoms with Crippen LogP contribution in [0.5, 0.6) is 0 Å². The quantitative estimate of drug-likeness (QED) is 0.553. The smallest absolute Gasteiger partial charge is 0.282 e. The third-order valence-electron chi connectivity index (χ3n) is 3.75. The molecule has 0 atom stereocenters. The molecule has 7 heteroatoms. The number of aromatic nitrogens is 3. The summed E-state index contributed by atoms with van der Waals surface area (Å²) in [7, 11) is 0. The van der Waals surface area contributed by atoms with Gasteiger partial charge in [0.25, 0.3) is 5.56 Å². The molecule has 0 aliphatic heterocycles. The molecule has 3 N–H and O–H groups in total. The van der Waals surface area contributed by atoms with Gasteiger partial charge in [-0.15, -0.1) is 5.11 Å². The summed E-state index contributed by atoms with van der Waals surface area (Å²) in [6.45, 7) is 1.96. The van der Waals surface area contributed by atoms with E-state index in [4.69, 9.17) is 5.73 Å². The molecule has 0 spiro atoms. The summed E-state index contributed by atoms with van der Waals surface area (Å²) < 4.78 is 1.67. The number of benzene rings is 2. The van der Waals surface area contributed by atoms with Gasteiger partial charge in [0.05, 0.1) is 16.7 Å². The SMILES string of the molecule is Cc1cccc(N=Nc2c(N)n3c(nc4ccccc43)[nH]c2=O)c1. The molecule has 2 aromatic heterocycles. The number of aryl methyl sites for hydroxylation is 1. The second-order valence-corrected chi connectivity index (χ2v) is 5.49. The summed E-state index contributed by atoms with van der Waals surface area (Å²) in [5, 5.41) is 8.18. The van der Waals surface area contributed by atoms with Gasteiger partial charge in [-0.25, -0.2) is 4.98 Å². The minimum absolute atomic E-state index is 0.0622. The summed E-state index contributed by atoms with van der Waals surface area (Å²) in [5.74, 6) is 0.590. The van der Waals surface area contributed by atoms with Gasteiger partial charge in [0, 0.05) is 0 Å². The lowest BCUT2D eigenvalue weighted by atomic mass is 10.2. The highest BCUT2D eigenvalue weighted by Crippen LogP contribution is 2.25. The first-order chi connectivity index (χ1) is 11.6. The molecule has 4 aromatic rings. The number of hydrogen-bond donors (Lipinski definition) is 2. The van der Waals surface area contributed by atoms with Crippen molar-refractivity contribution >= 4 is 34.0 Å². The van der Waals surface area contributed by atoms with Gasteiger partial charge in [-0.2, -0.15) is 5.11 Å². The molecule has 0 fully saturated rings. The summed E-state index contributed by atoms with van der Waals surface area (Å²) >= 11 is 0. The number of hydrogen-bond acceptors (Lipinski definition) is 5. The standard InChI is InChI=1S/C17H14N6O/c1-10-5-4-6-11(9-10)21-22-14-15(18)23-13-8-3-2-7-12(13)19-17(23)20-16(14)24/h2-9H,18H2,1H3,(H,19,20,24). The minimum atomic E-state index is -0.424. The van der Waals surface area contributed by atoms with Crippen molar-refractivity contribution < 1.29 is 0 Å². The van der Waals surface area contributed by atoms with Crippen molar-refractivity contribution in [3.05, 3.63) is 64.4 Å². The molecule has 0 aliphatic rings. The van der Waals surface area contributed by atoms with Crippen LogP contribution < -0.4 is 11.3 Å². The number of anilines is 1. The van der Waals surface area contributed by atoms with Gasteiger partial charge in [0.15, 0.2) is 5.69 Å². The zero-order valence-electron chi connectivity index (χ0n) is 12.9. The van der Waals surface area contributed by atoms with E-state index in [0.29, 0.717) is 11.5 Å². The number of H-pyrrole nitrogens is 1. The molecule has 0 aliphatic carbocycles. The first kappa shape index (κ1) is 14.1. The Hall–Kier alpha value is -3.48. The van der Waals surface area contributed by atoms with Gasteiger partial charge in [-0.3, -0.25) is 14.2 Å². The normalized spacial score (nSPS) is 11.7. The van der Waals surface area contributed by atoms with Crippen molar-refractivity contribution in [3.8, 4) is 0 Å². The van der Waals surface area contributed by atoms with Gasteiger partial charge in [-0.05, 0) is 36.8 Å². The lowest BCUT2D eigenvalue weighted by Gasteiger charge is -2.03. The highest BCUT2D eigenvalue weighted by molar-refractivity contribution is 5.82. The van der Waals surface area contributed by atoms with Crippen LogP contribution in [-0.4, -0.2) is 14.4 Å². The Bertz CT molecular complexity index is 1150. The molecule has 2 aromatic carbocycles.